The Balaban J connectivity index is 2.12. The summed E-state index contributed by atoms with van der Waals surface area (Å²) in [6, 6.07) is 0. The van der Waals surface area contributed by atoms with E-state index in [0.29, 0.717) is 17.7 Å². The third kappa shape index (κ3) is 2.51. The van der Waals surface area contributed by atoms with Gasteiger partial charge in [-0.3, -0.25) is 4.79 Å². The van der Waals surface area contributed by atoms with Crippen molar-refractivity contribution in [2.24, 2.45) is 29.6 Å². The highest BCUT2D eigenvalue weighted by molar-refractivity contribution is 5.80. The van der Waals surface area contributed by atoms with Crippen LogP contribution in [0, 0.1) is 29.6 Å². The lowest BCUT2D eigenvalue weighted by Gasteiger charge is -2.40. The minimum Gasteiger partial charge on any atom is -0.345 e. The predicted molar refractivity (Wildman–Crippen MR) is 70.6 cm³/mol. The standard InChI is InChI=1S/C15H27NO/c1-10(2)12-6-5-11(3)9-14(12)13-7-8-16(4)15(13)17/h10-14H,5-9H2,1-4H3. The lowest BCUT2D eigenvalue weighted by molar-refractivity contribution is -0.132. The van der Waals surface area contributed by atoms with E-state index in [2.05, 4.69) is 20.8 Å². The molecule has 1 aliphatic carbocycles. The summed E-state index contributed by atoms with van der Waals surface area (Å²) in [4.78, 5) is 14.1. The van der Waals surface area contributed by atoms with Gasteiger partial charge in [-0.25, -0.2) is 0 Å². The molecule has 1 heterocycles. The first-order chi connectivity index (χ1) is 8.00. The van der Waals surface area contributed by atoms with Gasteiger partial charge in [0, 0.05) is 19.5 Å². The van der Waals surface area contributed by atoms with Crippen LogP contribution in [0.1, 0.15) is 46.5 Å². The van der Waals surface area contributed by atoms with Gasteiger partial charge in [0.05, 0.1) is 0 Å². The third-order valence-corrected chi connectivity index (χ3v) is 5.06. The van der Waals surface area contributed by atoms with Gasteiger partial charge in [0.25, 0.3) is 0 Å². The summed E-state index contributed by atoms with van der Waals surface area (Å²) < 4.78 is 0. The smallest absolute Gasteiger partial charge is 0.225 e. The number of amides is 1. The van der Waals surface area contributed by atoms with Crippen molar-refractivity contribution in [1.29, 1.82) is 0 Å². The van der Waals surface area contributed by atoms with Crippen LogP contribution >= 0.6 is 0 Å². The molecule has 0 aromatic carbocycles. The van der Waals surface area contributed by atoms with Gasteiger partial charge in [-0.15, -0.1) is 0 Å². The molecule has 2 nitrogen and oxygen atoms in total. The molecular formula is C15H27NO. The second-order valence-electron chi connectivity index (χ2n) is 6.64. The zero-order chi connectivity index (χ0) is 12.6. The second-order valence-corrected chi connectivity index (χ2v) is 6.64. The molecular weight excluding hydrogens is 210 g/mol. The molecule has 2 rings (SSSR count). The molecule has 0 N–H and O–H groups in total. The van der Waals surface area contributed by atoms with Gasteiger partial charge in [0.1, 0.15) is 0 Å². The van der Waals surface area contributed by atoms with Crippen molar-refractivity contribution in [3.05, 3.63) is 0 Å². The lowest BCUT2D eigenvalue weighted by atomic mass is 9.65. The Labute approximate surface area is 106 Å². The predicted octanol–water partition coefficient (Wildman–Crippen LogP) is 3.17. The van der Waals surface area contributed by atoms with Crippen molar-refractivity contribution < 1.29 is 4.79 Å². The van der Waals surface area contributed by atoms with E-state index in [-0.39, 0.29) is 0 Å². The van der Waals surface area contributed by atoms with Crippen molar-refractivity contribution in [2.75, 3.05) is 13.6 Å². The second kappa shape index (κ2) is 4.99. The fraction of sp³-hybridized carbons (Fsp3) is 0.933. The number of carbonyl (C=O) groups excluding carboxylic acids is 1. The molecule has 2 heteroatoms. The van der Waals surface area contributed by atoms with Crippen LogP contribution in [-0.2, 0) is 4.79 Å². The normalized spacial score (nSPS) is 39.1. The van der Waals surface area contributed by atoms with Crippen molar-refractivity contribution in [3.8, 4) is 0 Å². The number of carbonyl (C=O) groups is 1. The van der Waals surface area contributed by atoms with Gasteiger partial charge in [-0.1, -0.05) is 27.2 Å². The lowest BCUT2D eigenvalue weighted by Crippen LogP contribution is -2.36. The van der Waals surface area contributed by atoms with Crippen LogP contribution in [0.3, 0.4) is 0 Å². The van der Waals surface area contributed by atoms with E-state index < -0.39 is 0 Å². The molecule has 4 unspecified atom stereocenters. The van der Waals surface area contributed by atoms with Crippen LogP contribution < -0.4 is 0 Å². The highest BCUT2D eigenvalue weighted by Gasteiger charge is 2.42. The molecule has 0 aromatic heterocycles. The zero-order valence-electron chi connectivity index (χ0n) is 11.8. The summed E-state index contributed by atoms with van der Waals surface area (Å²) in [5.41, 5.74) is 0. The van der Waals surface area contributed by atoms with Crippen LogP contribution in [0.2, 0.25) is 0 Å². The molecule has 0 radical (unpaired) electrons. The Morgan fingerprint density at radius 3 is 2.47 bits per heavy atom. The van der Waals surface area contributed by atoms with E-state index in [1.54, 1.807) is 0 Å². The fourth-order valence-corrected chi connectivity index (χ4v) is 3.99. The maximum absolute atomic E-state index is 12.2. The van der Waals surface area contributed by atoms with E-state index in [4.69, 9.17) is 0 Å². The monoisotopic (exact) mass is 237 g/mol. The minimum atomic E-state index is 0.329. The molecule has 4 atom stereocenters. The average Bonchev–Trinajstić information content (AvgIpc) is 2.59. The zero-order valence-corrected chi connectivity index (χ0v) is 11.8. The number of nitrogens with zero attached hydrogens (tertiary/aromatic N) is 1. The van der Waals surface area contributed by atoms with E-state index in [1.807, 2.05) is 11.9 Å². The van der Waals surface area contributed by atoms with Gasteiger partial charge in [-0.2, -0.15) is 0 Å². The third-order valence-electron chi connectivity index (χ3n) is 5.06. The molecule has 17 heavy (non-hydrogen) atoms. The largest absolute Gasteiger partial charge is 0.345 e. The van der Waals surface area contributed by atoms with Gasteiger partial charge in [0.15, 0.2) is 0 Å². The molecule has 0 aromatic rings. The number of hydrogen-bond donors (Lipinski definition) is 0. The molecule has 0 spiro atoms. The molecule has 0 bridgehead atoms. The van der Waals surface area contributed by atoms with Crippen LogP contribution in [0.15, 0.2) is 0 Å². The van der Waals surface area contributed by atoms with Gasteiger partial charge < -0.3 is 4.90 Å². The van der Waals surface area contributed by atoms with Crippen LogP contribution in [0.4, 0.5) is 0 Å². The van der Waals surface area contributed by atoms with Gasteiger partial charge >= 0.3 is 0 Å². The number of hydrogen-bond acceptors (Lipinski definition) is 1. The van der Waals surface area contributed by atoms with E-state index >= 15 is 0 Å². The summed E-state index contributed by atoms with van der Waals surface area (Å²) in [7, 11) is 1.96. The summed E-state index contributed by atoms with van der Waals surface area (Å²) in [6.07, 6.45) is 5.05. The fourth-order valence-electron chi connectivity index (χ4n) is 3.99. The van der Waals surface area contributed by atoms with Crippen LogP contribution in [-0.4, -0.2) is 24.4 Å². The SMILES string of the molecule is CC1CCC(C(C)C)C(C2CCN(C)C2=O)C1. The van der Waals surface area contributed by atoms with E-state index in [9.17, 15) is 4.79 Å². The van der Waals surface area contributed by atoms with Crippen LogP contribution in [0.5, 0.6) is 0 Å². The maximum Gasteiger partial charge on any atom is 0.225 e. The average molecular weight is 237 g/mol. The summed E-state index contributed by atoms with van der Waals surface area (Å²) >= 11 is 0. The highest BCUT2D eigenvalue weighted by Crippen LogP contribution is 2.44. The molecule has 1 saturated heterocycles. The molecule has 98 valence electrons. The van der Waals surface area contributed by atoms with Gasteiger partial charge in [0.2, 0.25) is 5.91 Å². The molecule has 2 fully saturated rings. The van der Waals surface area contributed by atoms with E-state index in [1.165, 1.54) is 19.3 Å². The van der Waals surface area contributed by atoms with Crippen molar-refractivity contribution >= 4 is 5.91 Å². The first-order valence-corrected chi connectivity index (χ1v) is 7.25. The molecule has 1 amide bonds. The first kappa shape index (κ1) is 12.9. The summed E-state index contributed by atoms with van der Waals surface area (Å²) in [6.45, 7) is 7.99. The Morgan fingerprint density at radius 1 is 1.24 bits per heavy atom. The topological polar surface area (TPSA) is 20.3 Å². The number of likely N-dealkylation sites (tertiary alicyclic amines) is 1. The Bertz CT molecular complexity index is 287. The maximum atomic E-state index is 12.2. The van der Waals surface area contributed by atoms with Crippen LogP contribution in [0.25, 0.3) is 0 Å². The van der Waals surface area contributed by atoms with Crippen molar-refractivity contribution in [1.82, 2.24) is 4.90 Å². The Hall–Kier alpha value is -0.530. The van der Waals surface area contributed by atoms with Crippen molar-refractivity contribution in [2.45, 2.75) is 46.5 Å². The number of rotatable bonds is 2. The van der Waals surface area contributed by atoms with Crippen molar-refractivity contribution in [3.63, 3.8) is 0 Å². The van der Waals surface area contributed by atoms with Gasteiger partial charge in [-0.05, 0) is 42.9 Å². The van der Waals surface area contributed by atoms with E-state index in [0.717, 1.165) is 30.7 Å². The molecule has 1 aliphatic heterocycles. The summed E-state index contributed by atoms with van der Waals surface area (Å²) in [5, 5.41) is 0. The Morgan fingerprint density at radius 2 is 1.94 bits per heavy atom. The quantitative estimate of drug-likeness (QED) is 0.722. The Kier molecular flexibility index (Phi) is 3.79. The molecule has 1 saturated carbocycles. The summed E-state index contributed by atoms with van der Waals surface area (Å²) in [5.74, 6) is 3.70. The first-order valence-electron chi connectivity index (χ1n) is 7.25. The highest BCUT2D eigenvalue weighted by atomic mass is 16.2. The minimum absolute atomic E-state index is 0.329. The molecule has 2 aliphatic rings.